The molecule has 1 unspecified atom stereocenters. The van der Waals surface area contributed by atoms with Crippen molar-refractivity contribution < 1.29 is 9.90 Å². The van der Waals surface area contributed by atoms with Crippen LogP contribution < -0.4 is 0 Å². The van der Waals surface area contributed by atoms with Crippen molar-refractivity contribution in [1.29, 1.82) is 0 Å². The summed E-state index contributed by atoms with van der Waals surface area (Å²) < 4.78 is 2.29. The average molecular weight is 271 g/mol. The highest BCUT2D eigenvalue weighted by molar-refractivity contribution is 5.91. The Labute approximate surface area is 119 Å². The maximum atomic E-state index is 10.7. The molecule has 0 fully saturated rings. The van der Waals surface area contributed by atoms with Crippen LogP contribution >= 0.6 is 0 Å². The molecule has 0 spiro atoms. The SMILES string of the molecule is CCCC(C)n1ccc2cc(C(C)=CC(=O)O)ccc21. The summed E-state index contributed by atoms with van der Waals surface area (Å²) in [6, 6.07) is 8.71. The van der Waals surface area contributed by atoms with Crippen molar-refractivity contribution in [3.05, 3.63) is 42.1 Å². The van der Waals surface area contributed by atoms with Gasteiger partial charge in [0.05, 0.1) is 0 Å². The Morgan fingerprint density at radius 1 is 1.40 bits per heavy atom. The molecule has 0 aliphatic carbocycles. The van der Waals surface area contributed by atoms with Gasteiger partial charge < -0.3 is 9.67 Å². The van der Waals surface area contributed by atoms with Gasteiger partial charge in [-0.2, -0.15) is 0 Å². The van der Waals surface area contributed by atoms with Crippen LogP contribution in [-0.4, -0.2) is 15.6 Å². The van der Waals surface area contributed by atoms with Crippen LogP contribution in [0.4, 0.5) is 0 Å². The van der Waals surface area contributed by atoms with Crippen LogP contribution in [0.1, 0.15) is 45.2 Å². The van der Waals surface area contributed by atoms with Gasteiger partial charge in [0.2, 0.25) is 0 Å². The summed E-state index contributed by atoms with van der Waals surface area (Å²) in [5.74, 6) is -0.906. The highest BCUT2D eigenvalue weighted by atomic mass is 16.4. The number of fused-ring (bicyclic) bond motifs is 1. The molecule has 0 bridgehead atoms. The van der Waals surface area contributed by atoms with E-state index in [0.29, 0.717) is 6.04 Å². The lowest BCUT2D eigenvalue weighted by atomic mass is 10.1. The molecule has 0 radical (unpaired) electrons. The standard InChI is InChI=1S/C17H21NO2/c1-4-5-13(3)18-9-8-15-11-14(6-7-16(15)18)12(2)10-17(19)20/h6-11,13H,4-5H2,1-3H3,(H,19,20). The normalized spacial score (nSPS) is 13.7. The van der Waals surface area contributed by atoms with Gasteiger partial charge in [0.15, 0.2) is 0 Å². The van der Waals surface area contributed by atoms with Gasteiger partial charge in [0.1, 0.15) is 0 Å². The van der Waals surface area contributed by atoms with Gasteiger partial charge in [0, 0.05) is 29.2 Å². The second-order valence-electron chi connectivity index (χ2n) is 5.30. The van der Waals surface area contributed by atoms with E-state index in [0.717, 1.165) is 22.9 Å². The molecule has 0 saturated carbocycles. The van der Waals surface area contributed by atoms with E-state index in [9.17, 15) is 4.79 Å². The maximum absolute atomic E-state index is 10.7. The number of allylic oxidation sites excluding steroid dienone is 1. The summed E-state index contributed by atoms with van der Waals surface area (Å²) in [5.41, 5.74) is 2.94. The lowest BCUT2D eigenvalue weighted by molar-refractivity contribution is -0.131. The number of hydrogen-bond donors (Lipinski definition) is 1. The number of hydrogen-bond acceptors (Lipinski definition) is 1. The first-order chi connectivity index (χ1) is 9.52. The number of nitrogens with zero attached hydrogens (tertiary/aromatic N) is 1. The van der Waals surface area contributed by atoms with Crippen molar-refractivity contribution in [2.45, 2.75) is 39.7 Å². The van der Waals surface area contributed by atoms with Crippen LogP contribution in [0.5, 0.6) is 0 Å². The average Bonchev–Trinajstić information content (AvgIpc) is 2.80. The molecule has 1 aromatic heterocycles. The third kappa shape index (κ3) is 2.93. The minimum atomic E-state index is -0.906. The van der Waals surface area contributed by atoms with E-state index in [4.69, 9.17) is 5.11 Å². The van der Waals surface area contributed by atoms with Crippen molar-refractivity contribution in [1.82, 2.24) is 4.57 Å². The minimum absolute atomic E-state index is 0.485. The summed E-state index contributed by atoms with van der Waals surface area (Å²) in [6.45, 7) is 6.25. The zero-order chi connectivity index (χ0) is 14.7. The zero-order valence-electron chi connectivity index (χ0n) is 12.3. The van der Waals surface area contributed by atoms with Gasteiger partial charge in [-0.1, -0.05) is 19.4 Å². The largest absolute Gasteiger partial charge is 0.478 e. The first-order valence-electron chi connectivity index (χ1n) is 7.05. The molecule has 3 nitrogen and oxygen atoms in total. The van der Waals surface area contributed by atoms with Gasteiger partial charge in [-0.3, -0.25) is 0 Å². The summed E-state index contributed by atoms with van der Waals surface area (Å²) in [4.78, 5) is 10.7. The van der Waals surface area contributed by atoms with Crippen molar-refractivity contribution >= 4 is 22.4 Å². The van der Waals surface area contributed by atoms with Gasteiger partial charge in [-0.05, 0) is 49.6 Å². The van der Waals surface area contributed by atoms with Crippen molar-refractivity contribution in [2.24, 2.45) is 0 Å². The first-order valence-corrected chi connectivity index (χ1v) is 7.05. The van der Waals surface area contributed by atoms with Crippen molar-refractivity contribution in [3.63, 3.8) is 0 Å². The summed E-state index contributed by atoms with van der Waals surface area (Å²) in [7, 11) is 0. The fraction of sp³-hybridized carbons (Fsp3) is 0.353. The van der Waals surface area contributed by atoms with E-state index < -0.39 is 5.97 Å². The van der Waals surface area contributed by atoms with Crippen molar-refractivity contribution in [2.75, 3.05) is 0 Å². The Bertz CT molecular complexity index is 652. The van der Waals surface area contributed by atoms with Crippen LogP contribution in [0.3, 0.4) is 0 Å². The number of carbonyl (C=O) groups is 1. The molecular weight excluding hydrogens is 250 g/mol. The molecule has 0 amide bonds. The van der Waals surface area contributed by atoms with Crippen LogP contribution in [0.15, 0.2) is 36.5 Å². The van der Waals surface area contributed by atoms with E-state index in [2.05, 4.69) is 42.8 Å². The number of aliphatic carboxylic acids is 1. The quantitative estimate of drug-likeness (QED) is 0.814. The third-order valence-electron chi connectivity index (χ3n) is 3.70. The molecule has 1 N–H and O–H groups in total. The molecule has 1 aromatic carbocycles. The first kappa shape index (κ1) is 14.4. The summed E-state index contributed by atoms with van der Waals surface area (Å²) >= 11 is 0. The fourth-order valence-electron chi connectivity index (χ4n) is 2.62. The Balaban J connectivity index is 2.40. The maximum Gasteiger partial charge on any atom is 0.328 e. The molecule has 2 aromatic rings. The molecule has 0 saturated heterocycles. The highest BCUT2D eigenvalue weighted by Crippen LogP contribution is 2.26. The Morgan fingerprint density at radius 3 is 2.80 bits per heavy atom. The molecule has 20 heavy (non-hydrogen) atoms. The summed E-state index contributed by atoms with van der Waals surface area (Å²) in [5, 5.41) is 9.97. The number of benzene rings is 1. The Hall–Kier alpha value is -2.03. The second kappa shape index (κ2) is 5.95. The molecule has 0 aliphatic rings. The Morgan fingerprint density at radius 2 is 2.15 bits per heavy atom. The van der Waals surface area contributed by atoms with Crippen LogP contribution in [0.25, 0.3) is 16.5 Å². The summed E-state index contributed by atoms with van der Waals surface area (Å²) in [6.07, 6.45) is 5.69. The van der Waals surface area contributed by atoms with Gasteiger partial charge in [-0.25, -0.2) is 4.79 Å². The smallest absolute Gasteiger partial charge is 0.328 e. The minimum Gasteiger partial charge on any atom is -0.478 e. The number of aromatic nitrogens is 1. The van der Waals surface area contributed by atoms with E-state index in [1.165, 1.54) is 18.0 Å². The van der Waals surface area contributed by atoms with Gasteiger partial charge >= 0.3 is 5.97 Å². The molecule has 1 atom stereocenters. The lowest BCUT2D eigenvalue weighted by Crippen LogP contribution is -2.02. The molecule has 106 valence electrons. The van der Waals surface area contributed by atoms with Crippen molar-refractivity contribution in [3.8, 4) is 0 Å². The highest BCUT2D eigenvalue weighted by Gasteiger charge is 2.08. The van der Waals surface area contributed by atoms with Crippen LogP contribution in [0.2, 0.25) is 0 Å². The topological polar surface area (TPSA) is 42.2 Å². The van der Waals surface area contributed by atoms with Gasteiger partial charge in [-0.15, -0.1) is 0 Å². The molecule has 0 aliphatic heterocycles. The fourth-order valence-corrected chi connectivity index (χ4v) is 2.62. The number of carboxylic acids is 1. The van der Waals surface area contributed by atoms with Crippen LogP contribution in [-0.2, 0) is 4.79 Å². The molecule has 3 heteroatoms. The van der Waals surface area contributed by atoms with E-state index in [-0.39, 0.29) is 0 Å². The number of rotatable bonds is 5. The van der Waals surface area contributed by atoms with E-state index in [1.807, 2.05) is 13.0 Å². The van der Waals surface area contributed by atoms with E-state index >= 15 is 0 Å². The lowest BCUT2D eigenvalue weighted by Gasteiger charge is -2.14. The predicted molar refractivity (Wildman–Crippen MR) is 82.8 cm³/mol. The molecular formula is C17H21NO2. The zero-order valence-corrected chi connectivity index (χ0v) is 12.3. The second-order valence-corrected chi connectivity index (χ2v) is 5.30. The molecule has 2 rings (SSSR count). The van der Waals surface area contributed by atoms with Crippen LogP contribution in [0, 0.1) is 0 Å². The third-order valence-corrected chi connectivity index (χ3v) is 3.70. The van der Waals surface area contributed by atoms with E-state index in [1.54, 1.807) is 0 Å². The molecule has 1 heterocycles. The Kier molecular flexibility index (Phi) is 4.28. The van der Waals surface area contributed by atoms with Gasteiger partial charge in [0.25, 0.3) is 0 Å². The predicted octanol–water partition coefficient (Wildman–Crippen LogP) is 4.49. The number of carboxylic acid groups (broad SMARTS) is 1. The monoisotopic (exact) mass is 271 g/mol.